The zero-order valence-electron chi connectivity index (χ0n) is 11.6. The normalized spacial score (nSPS) is 29.6. The number of rotatable bonds is 4. The Morgan fingerprint density at radius 2 is 1.59 bits per heavy atom. The molecule has 0 aromatic rings. The van der Waals surface area contributed by atoms with Gasteiger partial charge < -0.3 is 15.1 Å². The molecular formula is C14H29N3. The van der Waals surface area contributed by atoms with E-state index in [2.05, 4.69) is 29.0 Å². The molecule has 1 unspecified atom stereocenters. The second-order valence-electron chi connectivity index (χ2n) is 5.61. The van der Waals surface area contributed by atoms with Gasteiger partial charge in [-0.2, -0.15) is 0 Å². The number of likely N-dealkylation sites (tertiary alicyclic amines) is 2. The maximum atomic E-state index is 3.90. The van der Waals surface area contributed by atoms with E-state index in [1.54, 1.807) is 0 Å². The number of nitrogens with zero attached hydrogens (tertiary/aromatic N) is 2. The first-order valence-corrected chi connectivity index (χ1v) is 7.52. The molecule has 2 heterocycles. The molecule has 100 valence electrons. The number of nitrogens with one attached hydrogen (secondary N) is 1. The molecule has 1 atom stereocenters. The summed E-state index contributed by atoms with van der Waals surface area (Å²) < 4.78 is 0. The van der Waals surface area contributed by atoms with E-state index in [9.17, 15) is 0 Å². The summed E-state index contributed by atoms with van der Waals surface area (Å²) in [5.74, 6) is 0. The first kappa shape index (κ1) is 13.3. The quantitative estimate of drug-likeness (QED) is 0.803. The Hall–Kier alpha value is -0.120. The molecule has 2 aliphatic rings. The van der Waals surface area contributed by atoms with E-state index in [1.165, 1.54) is 65.0 Å². The van der Waals surface area contributed by atoms with Gasteiger partial charge in [0, 0.05) is 18.6 Å². The van der Waals surface area contributed by atoms with Gasteiger partial charge in [-0.1, -0.05) is 13.8 Å². The van der Waals surface area contributed by atoms with Crippen molar-refractivity contribution in [2.75, 3.05) is 39.3 Å². The van der Waals surface area contributed by atoms with Gasteiger partial charge in [-0.25, -0.2) is 0 Å². The SMILES string of the molecule is CCN1CCC(NC2CCCN(CC)C2)CC1. The van der Waals surface area contributed by atoms with Crippen LogP contribution in [0.25, 0.3) is 0 Å². The molecule has 0 aromatic carbocycles. The first-order valence-electron chi connectivity index (χ1n) is 7.52. The van der Waals surface area contributed by atoms with Crippen LogP contribution >= 0.6 is 0 Å². The van der Waals surface area contributed by atoms with Gasteiger partial charge in [0.05, 0.1) is 0 Å². The lowest BCUT2D eigenvalue weighted by Gasteiger charge is -2.38. The molecule has 3 heteroatoms. The Balaban J connectivity index is 1.70. The average Bonchev–Trinajstić information content (AvgIpc) is 2.40. The minimum Gasteiger partial charge on any atom is -0.310 e. The van der Waals surface area contributed by atoms with Crippen LogP contribution < -0.4 is 5.32 Å². The molecule has 17 heavy (non-hydrogen) atoms. The zero-order valence-corrected chi connectivity index (χ0v) is 11.6. The van der Waals surface area contributed by atoms with Crippen molar-refractivity contribution >= 4 is 0 Å². The Kier molecular flexibility index (Phi) is 5.26. The van der Waals surface area contributed by atoms with Gasteiger partial charge in [0.25, 0.3) is 0 Å². The van der Waals surface area contributed by atoms with E-state index in [4.69, 9.17) is 0 Å². The van der Waals surface area contributed by atoms with E-state index in [0.717, 1.165) is 12.1 Å². The third-order valence-electron chi connectivity index (χ3n) is 4.46. The summed E-state index contributed by atoms with van der Waals surface area (Å²) in [7, 11) is 0. The van der Waals surface area contributed by atoms with Crippen LogP contribution in [0.4, 0.5) is 0 Å². The second-order valence-corrected chi connectivity index (χ2v) is 5.61. The second kappa shape index (κ2) is 6.72. The van der Waals surface area contributed by atoms with Crippen LogP contribution in [0.2, 0.25) is 0 Å². The van der Waals surface area contributed by atoms with Crippen LogP contribution in [0, 0.1) is 0 Å². The fourth-order valence-electron chi connectivity index (χ4n) is 3.23. The van der Waals surface area contributed by atoms with Gasteiger partial charge >= 0.3 is 0 Å². The monoisotopic (exact) mass is 239 g/mol. The Morgan fingerprint density at radius 3 is 2.24 bits per heavy atom. The fraction of sp³-hybridized carbons (Fsp3) is 1.00. The summed E-state index contributed by atoms with van der Waals surface area (Å²) in [4.78, 5) is 5.15. The van der Waals surface area contributed by atoms with Crippen molar-refractivity contribution in [3.05, 3.63) is 0 Å². The summed E-state index contributed by atoms with van der Waals surface area (Å²) in [5.41, 5.74) is 0. The van der Waals surface area contributed by atoms with Crippen molar-refractivity contribution in [3.63, 3.8) is 0 Å². The van der Waals surface area contributed by atoms with Gasteiger partial charge in [0.2, 0.25) is 0 Å². The number of hydrogen-bond acceptors (Lipinski definition) is 3. The van der Waals surface area contributed by atoms with Crippen molar-refractivity contribution in [3.8, 4) is 0 Å². The van der Waals surface area contributed by atoms with Crippen LogP contribution in [0.5, 0.6) is 0 Å². The molecule has 2 rings (SSSR count). The number of piperidine rings is 2. The van der Waals surface area contributed by atoms with Gasteiger partial charge in [-0.15, -0.1) is 0 Å². The molecule has 2 aliphatic heterocycles. The van der Waals surface area contributed by atoms with E-state index in [0.29, 0.717) is 0 Å². The topological polar surface area (TPSA) is 18.5 Å². The molecule has 1 N–H and O–H groups in total. The number of likely N-dealkylation sites (N-methyl/N-ethyl adjacent to an activating group) is 1. The Morgan fingerprint density at radius 1 is 0.882 bits per heavy atom. The van der Waals surface area contributed by atoms with Gasteiger partial charge in [0.1, 0.15) is 0 Å². The smallest absolute Gasteiger partial charge is 0.0198 e. The van der Waals surface area contributed by atoms with Crippen molar-refractivity contribution in [1.29, 1.82) is 0 Å². The molecule has 2 saturated heterocycles. The molecule has 0 bridgehead atoms. The summed E-state index contributed by atoms with van der Waals surface area (Å²) in [5, 5.41) is 3.90. The van der Waals surface area contributed by atoms with Crippen LogP contribution in [-0.2, 0) is 0 Å². The average molecular weight is 239 g/mol. The highest BCUT2D eigenvalue weighted by molar-refractivity contribution is 4.84. The maximum Gasteiger partial charge on any atom is 0.0198 e. The molecule has 3 nitrogen and oxygen atoms in total. The van der Waals surface area contributed by atoms with Crippen molar-refractivity contribution in [1.82, 2.24) is 15.1 Å². The Labute approximate surface area is 107 Å². The van der Waals surface area contributed by atoms with Gasteiger partial charge in [0.15, 0.2) is 0 Å². The summed E-state index contributed by atoms with van der Waals surface area (Å²) >= 11 is 0. The van der Waals surface area contributed by atoms with E-state index in [-0.39, 0.29) is 0 Å². The largest absolute Gasteiger partial charge is 0.310 e. The molecule has 0 spiro atoms. The van der Waals surface area contributed by atoms with E-state index < -0.39 is 0 Å². The maximum absolute atomic E-state index is 3.90. The molecule has 0 aliphatic carbocycles. The predicted octanol–water partition coefficient (Wildman–Crippen LogP) is 1.54. The summed E-state index contributed by atoms with van der Waals surface area (Å²) in [6, 6.07) is 1.53. The Bertz CT molecular complexity index is 212. The third kappa shape index (κ3) is 3.94. The molecule has 0 aromatic heterocycles. The summed E-state index contributed by atoms with van der Waals surface area (Å²) in [6.45, 7) is 12.1. The minimum atomic E-state index is 0.752. The molecule has 0 amide bonds. The highest BCUT2D eigenvalue weighted by Crippen LogP contribution is 2.15. The predicted molar refractivity (Wildman–Crippen MR) is 73.4 cm³/mol. The lowest BCUT2D eigenvalue weighted by molar-refractivity contribution is 0.159. The zero-order chi connectivity index (χ0) is 12.1. The minimum absolute atomic E-state index is 0.752. The molecular weight excluding hydrogens is 210 g/mol. The fourth-order valence-corrected chi connectivity index (χ4v) is 3.23. The van der Waals surface area contributed by atoms with Crippen LogP contribution in [0.1, 0.15) is 39.5 Å². The number of hydrogen-bond donors (Lipinski definition) is 1. The molecule has 2 fully saturated rings. The van der Waals surface area contributed by atoms with Gasteiger partial charge in [-0.05, 0) is 58.4 Å². The van der Waals surface area contributed by atoms with Gasteiger partial charge in [-0.3, -0.25) is 0 Å². The van der Waals surface area contributed by atoms with Crippen LogP contribution in [0.15, 0.2) is 0 Å². The van der Waals surface area contributed by atoms with Crippen molar-refractivity contribution in [2.45, 2.75) is 51.6 Å². The standard InChI is InChI=1S/C14H29N3/c1-3-16-10-7-13(8-11-16)15-14-6-5-9-17(4-2)12-14/h13-15H,3-12H2,1-2H3. The molecule has 0 saturated carbocycles. The molecule has 0 radical (unpaired) electrons. The van der Waals surface area contributed by atoms with Crippen LogP contribution in [0.3, 0.4) is 0 Å². The van der Waals surface area contributed by atoms with E-state index in [1.807, 2.05) is 0 Å². The highest BCUT2D eigenvalue weighted by Gasteiger charge is 2.23. The van der Waals surface area contributed by atoms with Crippen molar-refractivity contribution < 1.29 is 0 Å². The van der Waals surface area contributed by atoms with Crippen molar-refractivity contribution in [2.24, 2.45) is 0 Å². The highest BCUT2D eigenvalue weighted by atomic mass is 15.2. The first-order chi connectivity index (χ1) is 8.31. The third-order valence-corrected chi connectivity index (χ3v) is 4.46. The lowest BCUT2D eigenvalue weighted by Crippen LogP contribution is -2.51. The lowest BCUT2D eigenvalue weighted by atomic mass is 10.00. The van der Waals surface area contributed by atoms with E-state index >= 15 is 0 Å². The summed E-state index contributed by atoms with van der Waals surface area (Å²) in [6.07, 6.45) is 5.44. The van der Waals surface area contributed by atoms with Crippen LogP contribution in [-0.4, -0.2) is 61.2 Å².